The molecule has 4 nitrogen and oxygen atoms in total. The summed E-state index contributed by atoms with van der Waals surface area (Å²) in [7, 11) is 0. The van der Waals surface area contributed by atoms with E-state index in [1.807, 2.05) is 6.07 Å². The Morgan fingerprint density at radius 3 is 2.55 bits per heavy atom. The van der Waals surface area contributed by atoms with E-state index in [1.165, 1.54) is 6.07 Å². The molecule has 2 aliphatic rings. The third-order valence-corrected chi connectivity index (χ3v) is 7.17. The van der Waals surface area contributed by atoms with Crippen molar-refractivity contribution in [3.05, 3.63) is 71.1 Å². The zero-order valence-electron chi connectivity index (χ0n) is 17.0. The van der Waals surface area contributed by atoms with Crippen LogP contribution in [0.4, 0.5) is 10.1 Å². The fraction of sp³-hybridized carbons (Fsp3) is 0.360. The van der Waals surface area contributed by atoms with Gasteiger partial charge < -0.3 is 10.4 Å². The van der Waals surface area contributed by atoms with Crippen molar-refractivity contribution in [2.75, 3.05) is 5.32 Å². The van der Waals surface area contributed by atoms with Crippen molar-refractivity contribution in [3.8, 4) is 0 Å². The highest BCUT2D eigenvalue weighted by Crippen LogP contribution is 2.55. The molecule has 0 saturated heterocycles. The number of amides is 1. The third-order valence-electron chi connectivity index (χ3n) is 6.92. The lowest BCUT2D eigenvalue weighted by Crippen LogP contribution is -2.32. The van der Waals surface area contributed by atoms with Gasteiger partial charge in [-0.05, 0) is 97.5 Å². The van der Waals surface area contributed by atoms with Gasteiger partial charge in [-0.15, -0.1) is 0 Å². The van der Waals surface area contributed by atoms with Gasteiger partial charge in [0.1, 0.15) is 5.82 Å². The number of nitrogens with zero attached hydrogens (tertiary/aromatic N) is 1. The van der Waals surface area contributed by atoms with Crippen molar-refractivity contribution in [3.63, 3.8) is 0 Å². The number of aliphatic hydroxyl groups is 1. The van der Waals surface area contributed by atoms with E-state index in [9.17, 15) is 14.3 Å². The van der Waals surface area contributed by atoms with E-state index in [2.05, 4.69) is 10.3 Å². The van der Waals surface area contributed by atoms with Crippen molar-refractivity contribution in [1.82, 2.24) is 4.98 Å². The average molecular weight is 439 g/mol. The first-order valence-electron chi connectivity index (χ1n) is 10.7. The molecule has 0 radical (unpaired) electrons. The Hall–Kier alpha value is -2.50. The lowest BCUT2D eigenvalue weighted by atomic mass is 9.87. The van der Waals surface area contributed by atoms with Gasteiger partial charge in [0.05, 0.1) is 17.5 Å². The van der Waals surface area contributed by atoms with Crippen LogP contribution >= 0.6 is 11.6 Å². The quantitative estimate of drug-likeness (QED) is 0.550. The number of fused-ring (bicyclic) bond motifs is 2. The van der Waals surface area contributed by atoms with Gasteiger partial charge in [0.15, 0.2) is 0 Å². The SMILES string of the molecule is O=C(C[C@]1(O)C[C@H]2CC(c3ccnc4ccc(F)cc34)C[C@H]2C1)Nc1ccc(Cl)cc1. The van der Waals surface area contributed by atoms with Gasteiger partial charge >= 0.3 is 0 Å². The Morgan fingerprint density at radius 2 is 1.84 bits per heavy atom. The molecule has 2 aromatic carbocycles. The number of pyridine rings is 1. The molecule has 1 amide bonds. The van der Waals surface area contributed by atoms with Gasteiger partial charge in [0.25, 0.3) is 0 Å². The first kappa shape index (κ1) is 20.4. The fourth-order valence-electron chi connectivity index (χ4n) is 5.70. The minimum atomic E-state index is -0.969. The molecule has 160 valence electrons. The largest absolute Gasteiger partial charge is 0.389 e. The third kappa shape index (κ3) is 4.17. The molecule has 0 bridgehead atoms. The number of benzene rings is 2. The van der Waals surface area contributed by atoms with Gasteiger partial charge in [0, 0.05) is 22.3 Å². The first-order valence-corrected chi connectivity index (χ1v) is 11.1. The van der Waals surface area contributed by atoms with Crippen LogP contribution in [0.2, 0.25) is 5.02 Å². The maximum Gasteiger partial charge on any atom is 0.227 e. The number of hydrogen-bond acceptors (Lipinski definition) is 3. The highest BCUT2D eigenvalue weighted by molar-refractivity contribution is 6.30. The van der Waals surface area contributed by atoms with E-state index in [0.717, 1.165) is 29.3 Å². The molecule has 1 heterocycles. The lowest BCUT2D eigenvalue weighted by Gasteiger charge is -2.24. The van der Waals surface area contributed by atoms with Gasteiger partial charge in [-0.25, -0.2) is 4.39 Å². The second-order valence-electron chi connectivity index (χ2n) is 9.11. The number of aromatic nitrogens is 1. The maximum absolute atomic E-state index is 13.8. The number of rotatable bonds is 4. The molecule has 4 atom stereocenters. The smallest absolute Gasteiger partial charge is 0.227 e. The summed E-state index contributed by atoms with van der Waals surface area (Å²) in [5.41, 5.74) is 1.66. The number of anilines is 1. The topological polar surface area (TPSA) is 62.2 Å². The summed E-state index contributed by atoms with van der Waals surface area (Å²) < 4.78 is 13.8. The van der Waals surface area contributed by atoms with Crippen molar-refractivity contribution in [2.45, 2.75) is 43.6 Å². The Balaban J connectivity index is 1.25. The van der Waals surface area contributed by atoms with Crippen molar-refractivity contribution < 1.29 is 14.3 Å². The van der Waals surface area contributed by atoms with Gasteiger partial charge in [0.2, 0.25) is 5.91 Å². The highest BCUT2D eigenvalue weighted by atomic mass is 35.5. The predicted octanol–water partition coefficient (Wildman–Crippen LogP) is 5.69. The molecule has 31 heavy (non-hydrogen) atoms. The minimum absolute atomic E-state index is 0.0939. The molecule has 0 spiro atoms. The van der Waals surface area contributed by atoms with Crippen LogP contribution in [0.15, 0.2) is 54.7 Å². The Kier molecular flexibility index (Phi) is 5.19. The standard InChI is InChI=1S/C25H24ClFN2O2/c26-18-1-4-20(5-2-18)29-24(30)14-25(31)12-16-9-15(10-17(16)13-25)21-7-8-28-23-6-3-19(27)11-22(21)23/h1-8,11,15-17,31H,9-10,12-14H2,(H,29,30)/t15?,16-,17+,25+. The summed E-state index contributed by atoms with van der Waals surface area (Å²) in [6, 6.07) is 13.7. The van der Waals surface area contributed by atoms with Crippen molar-refractivity contribution in [1.29, 1.82) is 0 Å². The predicted molar refractivity (Wildman–Crippen MR) is 120 cm³/mol. The normalized spacial score (nSPS) is 27.4. The van der Waals surface area contributed by atoms with E-state index < -0.39 is 5.60 Å². The molecular weight excluding hydrogens is 415 g/mol. The fourth-order valence-corrected chi connectivity index (χ4v) is 5.83. The van der Waals surface area contributed by atoms with Crippen LogP contribution in [0.5, 0.6) is 0 Å². The zero-order chi connectivity index (χ0) is 21.6. The Morgan fingerprint density at radius 1 is 1.13 bits per heavy atom. The van der Waals surface area contributed by atoms with Crippen molar-refractivity contribution >= 4 is 34.1 Å². The number of carbonyl (C=O) groups is 1. The van der Waals surface area contributed by atoms with Crippen LogP contribution in [0.3, 0.4) is 0 Å². The number of nitrogens with one attached hydrogen (secondary N) is 1. The number of halogens is 2. The molecule has 5 rings (SSSR count). The van der Waals surface area contributed by atoms with E-state index in [4.69, 9.17) is 11.6 Å². The minimum Gasteiger partial charge on any atom is -0.389 e. The maximum atomic E-state index is 13.8. The molecule has 2 saturated carbocycles. The van der Waals surface area contributed by atoms with Gasteiger partial charge in [-0.3, -0.25) is 9.78 Å². The first-order chi connectivity index (χ1) is 14.9. The second kappa shape index (κ2) is 7.88. The van der Waals surface area contributed by atoms with Crippen LogP contribution in [0, 0.1) is 17.7 Å². The molecule has 0 aliphatic heterocycles. The average Bonchev–Trinajstić information content (AvgIpc) is 3.23. The summed E-state index contributed by atoms with van der Waals surface area (Å²) in [4.78, 5) is 16.9. The number of hydrogen-bond donors (Lipinski definition) is 2. The summed E-state index contributed by atoms with van der Waals surface area (Å²) in [6.07, 6.45) is 5.03. The molecule has 2 N–H and O–H groups in total. The van der Waals surface area contributed by atoms with Gasteiger partial charge in [-0.1, -0.05) is 11.6 Å². The van der Waals surface area contributed by atoms with E-state index in [0.29, 0.717) is 41.3 Å². The zero-order valence-corrected chi connectivity index (χ0v) is 17.8. The van der Waals surface area contributed by atoms with E-state index in [-0.39, 0.29) is 18.1 Å². The highest BCUT2D eigenvalue weighted by Gasteiger charge is 2.49. The molecule has 1 unspecified atom stereocenters. The second-order valence-corrected chi connectivity index (χ2v) is 9.55. The molecule has 2 fully saturated rings. The summed E-state index contributed by atoms with van der Waals surface area (Å²) in [6.45, 7) is 0. The van der Waals surface area contributed by atoms with E-state index >= 15 is 0 Å². The molecule has 1 aromatic heterocycles. The molecular formula is C25H24ClFN2O2. The summed E-state index contributed by atoms with van der Waals surface area (Å²) in [5.74, 6) is 0.637. The van der Waals surface area contributed by atoms with Crippen LogP contribution in [0.25, 0.3) is 10.9 Å². The molecule has 2 aliphatic carbocycles. The molecule has 3 aromatic rings. The van der Waals surface area contributed by atoms with Crippen molar-refractivity contribution in [2.24, 2.45) is 11.8 Å². The van der Waals surface area contributed by atoms with E-state index in [1.54, 1.807) is 42.6 Å². The van der Waals surface area contributed by atoms with Crippen LogP contribution in [0.1, 0.15) is 43.6 Å². The molecule has 6 heteroatoms. The van der Waals surface area contributed by atoms with Crippen LogP contribution in [-0.4, -0.2) is 21.6 Å². The Labute approximate surface area is 185 Å². The monoisotopic (exact) mass is 438 g/mol. The van der Waals surface area contributed by atoms with Crippen LogP contribution < -0.4 is 5.32 Å². The lowest BCUT2D eigenvalue weighted by molar-refractivity contribution is -0.121. The summed E-state index contributed by atoms with van der Waals surface area (Å²) in [5, 5.41) is 15.5. The van der Waals surface area contributed by atoms with Crippen LogP contribution in [-0.2, 0) is 4.79 Å². The number of carbonyl (C=O) groups excluding carboxylic acids is 1. The Bertz CT molecular complexity index is 1120. The van der Waals surface area contributed by atoms with Gasteiger partial charge in [-0.2, -0.15) is 0 Å². The summed E-state index contributed by atoms with van der Waals surface area (Å²) >= 11 is 5.88.